The van der Waals surface area contributed by atoms with E-state index in [1.54, 1.807) is 0 Å². The van der Waals surface area contributed by atoms with Crippen LogP contribution < -0.4 is 0 Å². The maximum absolute atomic E-state index is 11.8. The third kappa shape index (κ3) is 4.27. The molecule has 1 aromatic carbocycles. The first-order valence-corrected chi connectivity index (χ1v) is 7.35. The molecule has 25 heavy (non-hydrogen) atoms. The van der Waals surface area contributed by atoms with Crippen LogP contribution in [0, 0.1) is 0 Å². The van der Waals surface area contributed by atoms with Crippen LogP contribution in [0.1, 0.15) is 18.4 Å². The van der Waals surface area contributed by atoms with Gasteiger partial charge in [0.05, 0.1) is 6.10 Å². The first-order chi connectivity index (χ1) is 11.6. The minimum Gasteiger partial charge on any atom is -0.504 e. The molecular formula is C16H18O9. The fraction of sp³-hybridized carbons (Fsp3) is 0.375. The van der Waals surface area contributed by atoms with Gasteiger partial charge in [-0.15, -0.1) is 0 Å². The molecule has 0 spiro atoms. The maximum atomic E-state index is 11.8. The Labute approximate surface area is 142 Å². The number of carboxylic acid groups (broad SMARTS) is 1. The van der Waals surface area contributed by atoms with E-state index in [4.69, 9.17) is 9.84 Å². The Hall–Kier alpha value is -2.62. The number of carbonyl (C=O) groups is 2. The molecule has 1 aromatic rings. The van der Waals surface area contributed by atoms with Gasteiger partial charge >= 0.3 is 11.9 Å². The summed E-state index contributed by atoms with van der Waals surface area (Å²) in [5, 5.41) is 57.0. The van der Waals surface area contributed by atoms with Gasteiger partial charge in [-0.25, -0.2) is 9.59 Å². The second kappa shape index (κ2) is 7.09. The number of hydrogen-bond donors (Lipinski definition) is 6. The highest BCUT2D eigenvalue weighted by Gasteiger charge is 2.50. The van der Waals surface area contributed by atoms with Crippen LogP contribution in [0.2, 0.25) is 0 Å². The van der Waals surface area contributed by atoms with E-state index in [1.807, 2.05) is 0 Å². The number of rotatable bonds is 4. The number of phenols is 2. The Kier molecular flexibility index (Phi) is 5.31. The molecule has 0 aromatic heterocycles. The zero-order valence-electron chi connectivity index (χ0n) is 12.9. The highest BCUT2D eigenvalue weighted by molar-refractivity contribution is 5.87. The lowest BCUT2D eigenvalue weighted by atomic mass is 9.79. The summed E-state index contributed by atoms with van der Waals surface area (Å²) in [4.78, 5) is 22.9. The van der Waals surface area contributed by atoms with E-state index >= 15 is 0 Å². The molecule has 0 bridgehead atoms. The molecule has 6 N–H and O–H groups in total. The molecule has 1 fully saturated rings. The van der Waals surface area contributed by atoms with Gasteiger partial charge < -0.3 is 35.4 Å². The Morgan fingerprint density at radius 2 is 1.84 bits per heavy atom. The van der Waals surface area contributed by atoms with Crippen molar-refractivity contribution < 1.29 is 45.0 Å². The van der Waals surface area contributed by atoms with Crippen molar-refractivity contribution in [2.24, 2.45) is 0 Å². The second-order valence-electron chi connectivity index (χ2n) is 5.86. The summed E-state index contributed by atoms with van der Waals surface area (Å²) in [5.41, 5.74) is -1.94. The fourth-order valence-corrected chi connectivity index (χ4v) is 2.53. The molecule has 4 atom stereocenters. The number of ether oxygens (including phenoxy) is 1. The lowest BCUT2D eigenvalue weighted by Crippen LogP contribution is -2.57. The van der Waals surface area contributed by atoms with Crippen LogP contribution in [-0.4, -0.2) is 66.5 Å². The molecule has 2 rings (SSSR count). The number of carboxylic acids is 1. The highest BCUT2D eigenvalue weighted by Crippen LogP contribution is 2.31. The van der Waals surface area contributed by atoms with Crippen LogP contribution in [-0.2, 0) is 14.3 Å². The van der Waals surface area contributed by atoms with Crippen LogP contribution in [0.3, 0.4) is 0 Å². The van der Waals surface area contributed by atoms with Gasteiger partial charge in [-0.1, -0.05) is 6.07 Å². The maximum Gasteiger partial charge on any atom is 0.335 e. The van der Waals surface area contributed by atoms with E-state index in [2.05, 4.69) is 0 Å². The van der Waals surface area contributed by atoms with Crippen molar-refractivity contribution in [1.82, 2.24) is 0 Å². The first-order valence-electron chi connectivity index (χ1n) is 7.35. The van der Waals surface area contributed by atoms with Crippen molar-refractivity contribution in [1.29, 1.82) is 0 Å². The molecule has 0 radical (unpaired) electrons. The van der Waals surface area contributed by atoms with Gasteiger partial charge in [0.15, 0.2) is 17.1 Å². The standard InChI is InChI=1S/C16H18O9/c17-9-3-1-8(5-10(9)18)2-4-13(20)25-12-7-16(24,15(22)23)6-11(19)14(12)21/h1-5,11-12,14,17-19,21,24H,6-7H2,(H,22,23)/b4-2+/t11?,12?,14?,16-/m0/s1. The van der Waals surface area contributed by atoms with Crippen LogP contribution in [0.5, 0.6) is 11.5 Å². The summed E-state index contributed by atoms with van der Waals surface area (Å²) in [5.74, 6) is -3.24. The minimum atomic E-state index is -2.31. The molecular weight excluding hydrogens is 336 g/mol. The third-order valence-corrected chi connectivity index (χ3v) is 3.94. The van der Waals surface area contributed by atoms with Crippen molar-refractivity contribution >= 4 is 18.0 Å². The Balaban J connectivity index is 2.06. The summed E-state index contributed by atoms with van der Waals surface area (Å²) in [6, 6.07) is 3.83. The Morgan fingerprint density at radius 3 is 2.44 bits per heavy atom. The smallest absolute Gasteiger partial charge is 0.335 e. The van der Waals surface area contributed by atoms with E-state index in [-0.39, 0.29) is 11.5 Å². The molecule has 0 saturated heterocycles. The van der Waals surface area contributed by atoms with Crippen LogP contribution in [0.25, 0.3) is 6.08 Å². The van der Waals surface area contributed by atoms with Crippen LogP contribution in [0.15, 0.2) is 24.3 Å². The zero-order chi connectivity index (χ0) is 18.8. The summed E-state index contributed by atoms with van der Waals surface area (Å²) >= 11 is 0. The number of aliphatic carboxylic acids is 1. The van der Waals surface area contributed by atoms with Crippen molar-refractivity contribution in [2.45, 2.75) is 36.8 Å². The lowest BCUT2D eigenvalue weighted by Gasteiger charge is -2.39. The molecule has 1 saturated carbocycles. The highest BCUT2D eigenvalue weighted by atomic mass is 16.6. The number of phenolic OH excluding ortho intramolecular Hbond substituents is 2. The van der Waals surface area contributed by atoms with Crippen LogP contribution in [0.4, 0.5) is 0 Å². The molecule has 1 aliphatic carbocycles. The van der Waals surface area contributed by atoms with E-state index in [1.165, 1.54) is 24.3 Å². The van der Waals surface area contributed by atoms with E-state index in [9.17, 15) is 35.1 Å². The monoisotopic (exact) mass is 354 g/mol. The lowest BCUT2D eigenvalue weighted by molar-refractivity contribution is -0.196. The van der Waals surface area contributed by atoms with Gasteiger partial charge in [0.2, 0.25) is 0 Å². The number of aliphatic hydroxyl groups is 3. The van der Waals surface area contributed by atoms with Crippen LogP contribution >= 0.6 is 0 Å². The number of esters is 1. The Morgan fingerprint density at radius 1 is 1.16 bits per heavy atom. The van der Waals surface area contributed by atoms with Crippen molar-refractivity contribution in [3.8, 4) is 11.5 Å². The first kappa shape index (κ1) is 18.7. The minimum absolute atomic E-state index is 0.327. The molecule has 0 aliphatic heterocycles. The van der Waals surface area contributed by atoms with E-state index in [0.29, 0.717) is 5.56 Å². The molecule has 9 heteroatoms. The van der Waals surface area contributed by atoms with Gasteiger partial charge in [-0.3, -0.25) is 0 Å². The average molecular weight is 354 g/mol. The van der Waals surface area contributed by atoms with E-state index in [0.717, 1.165) is 6.08 Å². The predicted octanol–water partition coefficient (Wildman–Crippen LogP) is -0.646. The Bertz CT molecular complexity index is 699. The summed E-state index contributed by atoms with van der Waals surface area (Å²) < 4.78 is 4.92. The second-order valence-corrected chi connectivity index (χ2v) is 5.86. The molecule has 136 valence electrons. The third-order valence-electron chi connectivity index (χ3n) is 3.94. The van der Waals surface area contributed by atoms with Crippen molar-refractivity contribution in [2.75, 3.05) is 0 Å². The van der Waals surface area contributed by atoms with Crippen molar-refractivity contribution in [3.05, 3.63) is 29.8 Å². The van der Waals surface area contributed by atoms with Gasteiger partial charge in [-0.05, 0) is 23.8 Å². The quantitative estimate of drug-likeness (QED) is 0.234. The molecule has 0 amide bonds. The molecule has 9 nitrogen and oxygen atoms in total. The summed E-state index contributed by atoms with van der Waals surface area (Å²) in [6.07, 6.45) is -3.44. The topological polar surface area (TPSA) is 165 Å². The van der Waals surface area contributed by atoms with Gasteiger partial charge in [-0.2, -0.15) is 0 Å². The van der Waals surface area contributed by atoms with E-state index < -0.39 is 48.7 Å². The SMILES string of the molecule is O=C(/C=C/c1ccc(O)c(O)c1)OC1C[C@](O)(C(=O)O)CC(O)C1O. The predicted molar refractivity (Wildman–Crippen MR) is 82.5 cm³/mol. The number of benzene rings is 1. The number of aliphatic hydroxyl groups excluding tert-OH is 2. The summed E-state index contributed by atoms with van der Waals surface area (Å²) in [7, 11) is 0. The molecule has 3 unspecified atom stereocenters. The number of carbonyl (C=O) groups excluding carboxylic acids is 1. The molecule has 0 heterocycles. The fourth-order valence-electron chi connectivity index (χ4n) is 2.53. The van der Waals surface area contributed by atoms with Gasteiger partial charge in [0.25, 0.3) is 0 Å². The largest absolute Gasteiger partial charge is 0.504 e. The van der Waals surface area contributed by atoms with Gasteiger partial charge in [0, 0.05) is 18.9 Å². The van der Waals surface area contributed by atoms with Crippen molar-refractivity contribution in [3.63, 3.8) is 0 Å². The average Bonchev–Trinajstić information content (AvgIpc) is 2.53. The molecule has 1 aliphatic rings. The number of hydrogen-bond acceptors (Lipinski definition) is 8. The zero-order valence-corrected chi connectivity index (χ0v) is 12.9. The number of aromatic hydroxyl groups is 2. The van der Waals surface area contributed by atoms with Gasteiger partial charge in [0.1, 0.15) is 12.2 Å². The normalized spacial score (nSPS) is 29.5. The summed E-state index contributed by atoms with van der Waals surface area (Å²) in [6.45, 7) is 0.